The zero-order valence-corrected chi connectivity index (χ0v) is 14.8. The molecule has 1 aromatic rings. The van der Waals surface area contributed by atoms with Gasteiger partial charge < -0.3 is 5.32 Å². The normalized spacial score (nSPS) is 15.7. The summed E-state index contributed by atoms with van der Waals surface area (Å²) in [4.78, 5) is 10.8. The van der Waals surface area contributed by atoms with E-state index >= 15 is 0 Å². The second-order valence-corrected chi connectivity index (χ2v) is 4.38. The molecule has 0 fully saturated rings. The molecule has 0 bridgehead atoms. The molecule has 0 unspecified atom stereocenters. The molecule has 2 rings (SSSR count). The zero-order valence-electron chi connectivity index (χ0n) is 14.1. The lowest BCUT2D eigenvalue weighted by atomic mass is 10.1. The molecular formula is C17H27ClFNO. The van der Waals surface area contributed by atoms with E-state index in [1.807, 2.05) is 48.5 Å². The first-order chi connectivity index (χ1) is 9.91. The largest absolute Gasteiger partial charge is 0.346 e. The molecule has 1 N–H and O–H groups in total. The standard InChI is InChI=1S/C7H11NO.C6H4ClF.2C2H6/c1-4-5(2)7(9)8-6(4)3;7-5-1-3-6(8)4-2-5;2*1-2/h6H,1-3H3,(H,8,9);1-4H;2*1-2H3/t6-;;;/m0.../s1. The average Bonchev–Trinajstić information content (AvgIpc) is 2.73. The Hall–Kier alpha value is -1.35. The Balaban J connectivity index is 0. The molecule has 1 atom stereocenters. The van der Waals surface area contributed by atoms with Crippen LogP contribution in [0.15, 0.2) is 35.4 Å². The minimum atomic E-state index is -0.255. The van der Waals surface area contributed by atoms with E-state index in [4.69, 9.17) is 11.6 Å². The summed E-state index contributed by atoms with van der Waals surface area (Å²) in [6.07, 6.45) is 0. The van der Waals surface area contributed by atoms with Crippen molar-refractivity contribution in [2.75, 3.05) is 0 Å². The van der Waals surface area contributed by atoms with Crippen LogP contribution in [0.4, 0.5) is 4.39 Å². The third kappa shape index (κ3) is 8.51. The fraction of sp³-hybridized carbons (Fsp3) is 0.471. The van der Waals surface area contributed by atoms with Gasteiger partial charge in [0.1, 0.15) is 5.82 Å². The van der Waals surface area contributed by atoms with Gasteiger partial charge in [0, 0.05) is 16.6 Å². The average molecular weight is 316 g/mol. The van der Waals surface area contributed by atoms with E-state index in [1.165, 1.54) is 29.8 Å². The van der Waals surface area contributed by atoms with Crippen molar-refractivity contribution in [1.82, 2.24) is 5.32 Å². The molecule has 1 heterocycles. The maximum Gasteiger partial charge on any atom is 0.247 e. The first-order valence-corrected chi connectivity index (χ1v) is 7.69. The van der Waals surface area contributed by atoms with Crippen molar-refractivity contribution >= 4 is 17.5 Å². The second-order valence-electron chi connectivity index (χ2n) is 3.94. The maximum atomic E-state index is 12.0. The number of carbonyl (C=O) groups excluding carboxylic acids is 1. The highest BCUT2D eigenvalue weighted by atomic mass is 35.5. The fourth-order valence-electron chi connectivity index (χ4n) is 1.35. The molecule has 21 heavy (non-hydrogen) atoms. The smallest absolute Gasteiger partial charge is 0.247 e. The minimum Gasteiger partial charge on any atom is -0.346 e. The summed E-state index contributed by atoms with van der Waals surface area (Å²) >= 11 is 5.44. The van der Waals surface area contributed by atoms with Gasteiger partial charge in [0.05, 0.1) is 0 Å². The topological polar surface area (TPSA) is 29.1 Å². The Morgan fingerprint density at radius 3 is 1.67 bits per heavy atom. The van der Waals surface area contributed by atoms with E-state index < -0.39 is 0 Å². The van der Waals surface area contributed by atoms with Crippen molar-refractivity contribution in [2.24, 2.45) is 0 Å². The Morgan fingerprint density at radius 1 is 1.05 bits per heavy atom. The SMILES string of the molecule is CC.CC.CC1=C(C)[C@H](C)NC1=O.Fc1ccc(Cl)cc1. The van der Waals surface area contributed by atoms with Crippen LogP contribution in [0, 0.1) is 5.82 Å². The van der Waals surface area contributed by atoms with E-state index in [9.17, 15) is 9.18 Å². The summed E-state index contributed by atoms with van der Waals surface area (Å²) in [5.41, 5.74) is 2.04. The fourth-order valence-corrected chi connectivity index (χ4v) is 1.47. The third-order valence-corrected chi connectivity index (χ3v) is 2.98. The molecule has 0 saturated carbocycles. The van der Waals surface area contributed by atoms with E-state index in [0.717, 1.165) is 5.57 Å². The van der Waals surface area contributed by atoms with E-state index in [0.29, 0.717) is 5.02 Å². The van der Waals surface area contributed by atoms with Crippen molar-refractivity contribution in [3.8, 4) is 0 Å². The minimum absolute atomic E-state index is 0.0833. The van der Waals surface area contributed by atoms with Crippen LogP contribution >= 0.6 is 11.6 Å². The summed E-state index contributed by atoms with van der Waals surface area (Å²) in [5.74, 6) is -0.172. The molecule has 0 aromatic heterocycles. The van der Waals surface area contributed by atoms with Crippen LogP contribution in [0.1, 0.15) is 48.5 Å². The lowest BCUT2D eigenvalue weighted by molar-refractivity contribution is -0.116. The number of amides is 1. The van der Waals surface area contributed by atoms with Gasteiger partial charge in [0.15, 0.2) is 0 Å². The van der Waals surface area contributed by atoms with Gasteiger partial charge in [-0.05, 0) is 50.6 Å². The maximum absolute atomic E-state index is 12.0. The van der Waals surface area contributed by atoms with E-state index in [-0.39, 0.29) is 17.8 Å². The lowest BCUT2D eigenvalue weighted by Crippen LogP contribution is -2.25. The molecule has 0 aliphatic carbocycles. The highest BCUT2D eigenvalue weighted by Crippen LogP contribution is 2.14. The first-order valence-electron chi connectivity index (χ1n) is 7.31. The van der Waals surface area contributed by atoms with Gasteiger partial charge in [-0.1, -0.05) is 39.3 Å². The number of hydrogen-bond donors (Lipinski definition) is 1. The van der Waals surface area contributed by atoms with Crippen molar-refractivity contribution in [3.63, 3.8) is 0 Å². The quantitative estimate of drug-likeness (QED) is 0.685. The number of rotatable bonds is 0. The lowest BCUT2D eigenvalue weighted by Gasteiger charge is -2.01. The van der Waals surface area contributed by atoms with Crippen molar-refractivity contribution in [3.05, 3.63) is 46.3 Å². The number of carbonyl (C=O) groups is 1. The van der Waals surface area contributed by atoms with Crippen LogP contribution in [0.25, 0.3) is 0 Å². The van der Waals surface area contributed by atoms with Gasteiger partial charge in [0.25, 0.3) is 0 Å². The Labute approximate surface area is 133 Å². The van der Waals surface area contributed by atoms with Crippen LogP contribution in [0.3, 0.4) is 0 Å². The molecule has 0 radical (unpaired) electrons. The molecule has 2 nitrogen and oxygen atoms in total. The Morgan fingerprint density at radius 2 is 1.48 bits per heavy atom. The third-order valence-electron chi connectivity index (χ3n) is 2.73. The number of benzene rings is 1. The second kappa shape index (κ2) is 12.4. The van der Waals surface area contributed by atoms with Crippen molar-refractivity contribution < 1.29 is 9.18 Å². The Bertz CT molecular complexity index is 420. The van der Waals surface area contributed by atoms with Gasteiger partial charge in [-0.2, -0.15) is 0 Å². The summed E-state index contributed by atoms with van der Waals surface area (Å²) in [5, 5.41) is 3.36. The summed E-state index contributed by atoms with van der Waals surface area (Å²) in [6, 6.07) is 5.91. The highest BCUT2D eigenvalue weighted by molar-refractivity contribution is 6.30. The van der Waals surface area contributed by atoms with E-state index in [2.05, 4.69) is 5.32 Å². The monoisotopic (exact) mass is 315 g/mol. The van der Waals surface area contributed by atoms with Crippen LogP contribution in [-0.2, 0) is 4.79 Å². The van der Waals surface area contributed by atoms with E-state index in [1.54, 1.807) is 0 Å². The number of halogens is 2. The van der Waals surface area contributed by atoms with Gasteiger partial charge in [-0.25, -0.2) is 4.39 Å². The summed E-state index contributed by atoms with van der Waals surface area (Å²) in [7, 11) is 0. The zero-order chi connectivity index (χ0) is 17.0. The van der Waals surface area contributed by atoms with Crippen LogP contribution in [0.5, 0.6) is 0 Å². The molecule has 0 spiro atoms. The molecule has 120 valence electrons. The summed E-state index contributed by atoms with van der Waals surface area (Å²) in [6.45, 7) is 13.8. The van der Waals surface area contributed by atoms with Gasteiger partial charge in [-0.15, -0.1) is 0 Å². The molecule has 1 aromatic carbocycles. The molecule has 4 heteroatoms. The first kappa shape index (κ1) is 21.9. The number of hydrogen-bond acceptors (Lipinski definition) is 1. The molecule has 0 saturated heterocycles. The predicted molar refractivity (Wildman–Crippen MR) is 90.1 cm³/mol. The van der Waals surface area contributed by atoms with Crippen molar-refractivity contribution in [2.45, 2.75) is 54.5 Å². The molecule has 1 amide bonds. The molecular weight excluding hydrogens is 289 g/mol. The van der Waals surface area contributed by atoms with Crippen LogP contribution in [0.2, 0.25) is 5.02 Å². The van der Waals surface area contributed by atoms with Gasteiger partial charge in [0.2, 0.25) is 5.91 Å². The predicted octanol–water partition coefficient (Wildman–Crippen LogP) is 5.37. The Kier molecular flexibility index (Phi) is 12.9. The molecule has 1 aliphatic heterocycles. The van der Waals surface area contributed by atoms with Crippen LogP contribution < -0.4 is 5.32 Å². The highest BCUT2D eigenvalue weighted by Gasteiger charge is 2.21. The van der Waals surface area contributed by atoms with Gasteiger partial charge in [-0.3, -0.25) is 4.79 Å². The van der Waals surface area contributed by atoms with Crippen molar-refractivity contribution in [1.29, 1.82) is 0 Å². The van der Waals surface area contributed by atoms with Gasteiger partial charge >= 0.3 is 0 Å². The molecule has 1 aliphatic rings. The number of nitrogens with one attached hydrogen (secondary N) is 1. The summed E-state index contributed by atoms with van der Waals surface area (Å²) < 4.78 is 12.0. The van der Waals surface area contributed by atoms with Crippen LogP contribution in [-0.4, -0.2) is 11.9 Å².